The van der Waals surface area contributed by atoms with Gasteiger partial charge in [0.1, 0.15) is 23.6 Å². The zero-order valence-corrected chi connectivity index (χ0v) is 29.0. The lowest BCUT2D eigenvalue weighted by molar-refractivity contribution is -0.165. The van der Waals surface area contributed by atoms with E-state index in [1.165, 1.54) is 0 Å². The molecule has 11 heteroatoms. The molecule has 1 heterocycles. The Labute approximate surface area is 257 Å². The van der Waals surface area contributed by atoms with E-state index in [0.29, 0.717) is 31.1 Å². The molecule has 42 heavy (non-hydrogen) atoms. The third kappa shape index (κ3) is 11.6. The second kappa shape index (κ2) is 14.3. The van der Waals surface area contributed by atoms with Crippen molar-refractivity contribution in [2.75, 3.05) is 13.2 Å². The van der Waals surface area contributed by atoms with Gasteiger partial charge in [-0.3, -0.25) is 4.68 Å². The maximum Gasteiger partial charge on any atom is 0.407 e. The van der Waals surface area contributed by atoms with Gasteiger partial charge in [-0.2, -0.15) is 5.10 Å². The van der Waals surface area contributed by atoms with Crippen LogP contribution in [0.25, 0.3) is 11.3 Å². The fourth-order valence-electron chi connectivity index (χ4n) is 3.58. The Hall–Kier alpha value is -2.56. The summed E-state index contributed by atoms with van der Waals surface area (Å²) < 4.78 is 25.2. The van der Waals surface area contributed by atoms with Gasteiger partial charge in [-0.15, -0.1) is 11.6 Å². The summed E-state index contributed by atoms with van der Waals surface area (Å²) in [5.74, 6) is 0.495. The van der Waals surface area contributed by atoms with Gasteiger partial charge in [-0.05, 0) is 96.4 Å². The summed E-state index contributed by atoms with van der Waals surface area (Å²) in [7, 11) is -2.26. The molecule has 9 nitrogen and oxygen atoms in total. The number of hydrogen-bond acceptors (Lipinski definition) is 7. The summed E-state index contributed by atoms with van der Waals surface area (Å²) in [4.78, 5) is 24.9. The molecule has 0 saturated carbocycles. The molecule has 0 bridgehead atoms. The second-order valence-electron chi connectivity index (χ2n) is 13.9. The van der Waals surface area contributed by atoms with Crippen molar-refractivity contribution in [2.24, 2.45) is 0 Å². The van der Waals surface area contributed by atoms with E-state index in [1.54, 1.807) is 0 Å². The number of alkyl halides is 1. The summed E-state index contributed by atoms with van der Waals surface area (Å²) in [6, 6.07) is 9.48. The standard InChI is InChI=1S/C31H50ClN3O6Si/c1-29(2,3)39-27(36)26(41-42(10,11)31(7,8)9)21-38-24-15-13-22(14-16-24)25-19-23(20-32)35(34-25)18-12-17-33-28(37)40-30(4,5)6/h13-16,19,26H,12,17-18,20-21H2,1-11H3,(H,33,37)/t26-/m1/s1. The van der Waals surface area contributed by atoms with Crippen LogP contribution >= 0.6 is 11.6 Å². The minimum Gasteiger partial charge on any atom is -0.490 e. The monoisotopic (exact) mass is 623 g/mol. The van der Waals surface area contributed by atoms with Crippen molar-refractivity contribution >= 4 is 32.0 Å². The van der Waals surface area contributed by atoms with Gasteiger partial charge in [0.25, 0.3) is 0 Å². The number of amides is 1. The molecule has 236 valence electrons. The SMILES string of the molecule is CC(C)(C)OC(=O)NCCCn1nc(-c2ccc(OC[C@@H](O[Si](C)(C)C(C)(C)C)C(=O)OC(C)(C)C)cc2)cc1CCl. The van der Waals surface area contributed by atoms with Gasteiger partial charge in [-0.1, -0.05) is 20.8 Å². The fraction of sp³-hybridized carbons (Fsp3) is 0.645. The third-order valence-corrected chi connectivity index (χ3v) is 11.4. The zero-order chi connectivity index (χ0) is 31.9. The van der Waals surface area contributed by atoms with Crippen molar-refractivity contribution in [2.45, 2.75) is 117 Å². The van der Waals surface area contributed by atoms with Crippen LogP contribution in [0.5, 0.6) is 5.75 Å². The van der Waals surface area contributed by atoms with Crippen molar-refractivity contribution in [1.29, 1.82) is 0 Å². The van der Waals surface area contributed by atoms with Crippen LogP contribution in [0.15, 0.2) is 30.3 Å². The number of alkyl carbamates (subject to hydrolysis) is 1. The van der Waals surface area contributed by atoms with Crippen LogP contribution in [0.2, 0.25) is 18.1 Å². The third-order valence-electron chi connectivity index (χ3n) is 6.68. The Morgan fingerprint density at radius 2 is 1.57 bits per heavy atom. The number of benzene rings is 1. The maximum atomic E-state index is 13.0. The van der Waals surface area contributed by atoms with Crippen LogP contribution in [-0.4, -0.2) is 60.6 Å². The number of nitrogens with zero attached hydrogens (tertiary/aromatic N) is 2. The van der Waals surface area contributed by atoms with Crippen LogP contribution < -0.4 is 10.1 Å². The Morgan fingerprint density at radius 3 is 2.10 bits per heavy atom. The number of esters is 1. The summed E-state index contributed by atoms with van der Waals surface area (Å²) in [6.07, 6.45) is -0.601. The Kier molecular flexibility index (Phi) is 12.1. The molecule has 0 spiro atoms. The van der Waals surface area contributed by atoms with Crippen molar-refractivity contribution in [3.63, 3.8) is 0 Å². The number of nitrogens with one attached hydrogen (secondary N) is 1. The first-order valence-electron chi connectivity index (χ1n) is 14.4. The summed E-state index contributed by atoms with van der Waals surface area (Å²) in [6.45, 7) is 22.7. The number of carbonyl (C=O) groups is 2. The maximum absolute atomic E-state index is 13.0. The number of carbonyl (C=O) groups excluding carboxylic acids is 2. The number of halogens is 1. The molecule has 2 aromatic rings. The molecule has 2 rings (SSSR count). The van der Waals surface area contributed by atoms with Gasteiger partial charge in [0.05, 0.1) is 17.3 Å². The van der Waals surface area contributed by atoms with E-state index >= 15 is 0 Å². The van der Waals surface area contributed by atoms with Gasteiger partial charge in [0.2, 0.25) is 0 Å². The molecule has 1 atom stereocenters. The molecular formula is C31H50ClN3O6Si. The van der Waals surface area contributed by atoms with Crippen LogP contribution in [-0.2, 0) is 31.1 Å². The lowest BCUT2D eigenvalue weighted by Crippen LogP contribution is -2.49. The van der Waals surface area contributed by atoms with Crippen LogP contribution in [0, 0.1) is 0 Å². The highest BCUT2D eigenvalue weighted by Gasteiger charge is 2.42. The summed E-state index contributed by atoms with van der Waals surface area (Å²) >= 11 is 6.19. The lowest BCUT2D eigenvalue weighted by atomic mass is 10.1. The van der Waals surface area contributed by atoms with Gasteiger partial charge >= 0.3 is 12.1 Å². The van der Waals surface area contributed by atoms with E-state index in [1.807, 2.05) is 76.6 Å². The molecular weight excluding hydrogens is 574 g/mol. The van der Waals surface area contributed by atoms with E-state index in [9.17, 15) is 9.59 Å². The van der Waals surface area contributed by atoms with Gasteiger partial charge in [0, 0.05) is 18.7 Å². The van der Waals surface area contributed by atoms with Crippen molar-refractivity contribution in [3.05, 3.63) is 36.0 Å². The zero-order valence-electron chi connectivity index (χ0n) is 27.2. The van der Waals surface area contributed by atoms with E-state index in [2.05, 4.69) is 39.2 Å². The first kappa shape index (κ1) is 35.6. The van der Waals surface area contributed by atoms with Crippen LogP contribution in [0.4, 0.5) is 4.79 Å². The number of aryl methyl sites for hydroxylation is 1. The largest absolute Gasteiger partial charge is 0.490 e. The smallest absolute Gasteiger partial charge is 0.407 e. The first-order valence-corrected chi connectivity index (χ1v) is 17.9. The molecule has 0 saturated heterocycles. The lowest BCUT2D eigenvalue weighted by Gasteiger charge is -2.39. The highest BCUT2D eigenvalue weighted by Crippen LogP contribution is 2.37. The number of rotatable bonds is 12. The van der Waals surface area contributed by atoms with Gasteiger partial charge < -0.3 is 24.0 Å². The predicted molar refractivity (Wildman–Crippen MR) is 169 cm³/mol. The van der Waals surface area contributed by atoms with E-state index < -0.39 is 37.7 Å². The van der Waals surface area contributed by atoms with Crippen molar-refractivity contribution < 1.29 is 28.2 Å². The normalized spacial score (nSPS) is 13.4. The summed E-state index contributed by atoms with van der Waals surface area (Å²) in [5, 5.41) is 7.41. The van der Waals surface area contributed by atoms with Crippen LogP contribution in [0.3, 0.4) is 0 Å². The van der Waals surface area contributed by atoms with E-state index in [-0.39, 0.29) is 11.6 Å². The highest BCUT2D eigenvalue weighted by molar-refractivity contribution is 6.74. The van der Waals surface area contributed by atoms with Gasteiger partial charge in [-0.25, -0.2) is 9.59 Å². The molecule has 0 aliphatic heterocycles. The summed E-state index contributed by atoms with van der Waals surface area (Å²) in [5.41, 5.74) is 1.40. The average molecular weight is 624 g/mol. The molecule has 0 aliphatic rings. The number of aromatic nitrogens is 2. The molecule has 1 amide bonds. The topological polar surface area (TPSA) is 101 Å². The molecule has 0 unspecified atom stereocenters. The van der Waals surface area contributed by atoms with Gasteiger partial charge in [0.15, 0.2) is 14.4 Å². The molecule has 0 aliphatic carbocycles. The minimum atomic E-state index is -2.26. The fourth-order valence-corrected chi connectivity index (χ4v) is 5.02. The Bertz CT molecular complexity index is 1180. The quantitative estimate of drug-likeness (QED) is 0.114. The van der Waals surface area contributed by atoms with Crippen molar-refractivity contribution in [1.82, 2.24) is 15.1 Å². The molecule has 0 radical (unpaired) electrons. The molecule has 0 fully saturated rings. The van der Waals surface area contributed by atoms with E-state index in [4.69, 9.17) is 35.3 Å². The number of ether oxygens (including phenoxy) is 3. The molecule has 1 N–H and O–H groups in total. The Morgan fingerprint density at radius 1 is 0.976 bits per heavy atom. The van der Waals surface area contributed by atoms with E-state index in [0.717, 1.165) is 17.0 Å². The average Bonchev–Trinajstić information content (AvgIpc) is 3.25. The number of hydrogen-bond donors (Lipinski definition) is 1. The minimum absolute atomic E-state index is 0.0448. The Balaban J connectivity index is 2.06. The predicted octanol–water partition coefficient (Wildman–Crippen LogP) is 7.31. The highest BCUT2D eigenvalue weighted by atomic mass is 35.5. The first-order chi connectivity index (χ1) is 19.2. The second-order valence-corrected chi connectivity index (χ2v) is 18.9. The van der Waals surface area contributed by atoms with Crippen LogP contribution in [0.1, 0.15) is 74.4 Å². The molecule has 1 aromatic heterocycles. The van der Waals surface area contributed by atoms with Crippen molar-refractivity contribution in [3.8, 4) is 17.0 Å². The molecule has 1 aromatic carbocycles.